The standard InChI is InChI=1S/C27H28N6O3/c34-26-14-21-6-5-20(13-25(21)36-26)24(31-35)17-32-7-9-33(10-8-32)23-15-28-27(29-16-23)30-22-11-18-3-1-2-4-19(18)12-22/h1-6,13,15-16,22,35H,7-12,14,17H2,(H,28,29,30)/b31-24-. The van der Waals surface area contributed by atoms with Crippen molar-refractivity contribution < 1.29 is 14.7 Å². The summed E-state index contributed by atoms with van der Waals surface area (Å²) in [6, 6.07) is 14.4. The number of carbonyl (C=O) groups is 1. The largest absolute Gasteiger partial charge is 0.426 e. The first-order valence-corrected chi connectivity index (χ1v) is 12.3. The number of anilines is 2. The number of hydrogen-bond acceptors (Lipinski definition) is 9. The summed E-state index contributed by atoms with van der Waals surface area (Å²) in [6.07, 6.45) is 6.07. The molecule has 184 valence electrons. The van der Waals surface area contributed by atoms with Gasteiger partial charge in [0.25, 0.3) is 0 Å². The predicted molar refractivity (Wildman–Crippen MR) is 136 cm³/mol. The van der Waals surface area contributed by atoms with E-state index in [0.29, 0.717) is 36.4 Å². The van der Waals surface area contributed by atoms with Crippen LogP contribution in [0.25, 0.3) is 0 Å². The Morgan fingerprint density at radius 1 is 1.03 bits per heavy atom. The molecule has 1 fully saturated rings. The number of rotatable bonds is 6. The Balaban J connectivity index is 1.02. The fourth-order valence-electron chi connectivity index (χ4n) is 5.25. The van der Waals surface area contributed by atoms with Crippen LogP contribution in [-0.2, 0) is 24.1 Å². The van der Waals surface area contributed by atoms with Crippen molar-refractivity contribution >= 4 is 23.3 Å². The second-order valence-corrected chi connectivity index (χ2v) is 9.57. The van der Waals surface area contributed by atoms with Crippen molar-refractivity contribution in [1.82, 2.24) is 14.9 Å². The van der Waals surface area contributed by atoms with E-state index < -0.39 is 0 Å². The molecule has 0 radical (unpaired) electrons. The molecule has 0 bridgehead atoms. The quantitative estimate of drug-likeness (QED) is 0.181. The van der Waals surface area contributed by atoms with E-state index in [9.17, 15) is 10.0 Å². The zero-order chi connectivity index (χ0) is 24.5. The number of aromatic nitrogens is 2. The molecule has 2 aliphatic heterocycles. The minimum Gasteiger partial charge on any atom is -0.426 e. The zero-order valence-electron chi connectivity index (χ0n) is 19.9. The molecule has 2 aromatic carbocycles. The highest BCUT2D eigenvalue weighted by Crippen LogP contribution is 2.28. The third-order valence-electron chi connectivity index (χ3n) is 7.21. The predicted octanol–water partition coefficient (Wildman–Crippen LogP) is 2.52. The lowest BCUT2D eigenvalue weighted by molar-refractivity contribution is -0.131. The third-order valence-corrected chi connectivity index (χ3v) is 7.21. The molecule has 0 atom stereocenters. The van der Waals surface area contributed by atoms with Crippen molar-refractivity contribution in [3.05, 3.63) is 77.1 Å². The monoisotopic (exact) mass is 484 g/mol. The van der Waals surface area contributed by atoms with E-state index in [4.69, 9.17) is 4.74 Å². The van der Waals surface area contributed by atoms with E-state index in [2.05, 4.69) is 54.5 Å². The van der Waals surface area contributed by atoms with Crippen molar-refractivity contribution in [2.45, 2.75) is 25.3 Å². The molecule has 0 amide bonds. The van der Waals surface area contributed by atoms with Crippen molar-refractivity contribution in [3.63, 3.8) is 0 Å². The van der Waals surface area contributed by atoms with Gasteiger partial charge in [0.15, 0.2) is 0 Å². The van der Waals surface area contributed by atoms with Gasteiger partial charge in [0.05, 0.1) is 24.5 Å². The van der Waals surface area contributed by atoms with Gasteiger partial charge in [-0.05, 0) is 30.0 Å². The van der Waals surface area contributed by atoms with E-state index in [1.165, 1.54) is 11.1 Å². The summed E-state index contributed by atoms with van der Waals surface area (Å²) in [7, 11) is 0. The first kappa shape index (κ1) is 22.5. The molecule has 9 nitrogen and oxygen atoms in total. The number of nitrogens with one attached hydrogen (secondary N) is 1. The highest BCUT2D eigenvalue weighted by Gasteiger charge is 2.24. The second kappa shape index (κ2) is 9.58. The van der Waals surface area contributed by atoms with Gasteiger partial charge >= 0.3 is 5.97 Å². The van der Waals surface area contributed by atoms with Crippen LogP contribution < -0.4 is 15.0 Å². The maximum atomic E-state index is 11.5. The van der Waals surface area contributed by atoms with Crippen LogP contribution in [0, 0.1) is 0 Å². The fraction of sp³-hybridized carbons (Fsp3) is 0.333. The molecule has 1 saturated heterocycles. The highest BCUT2D eigenvalue weighted by atomic mass is 16.5. The van der Waals surface area contributed by atoms with Crippen LogP contribution in [0.2, 0.25) is 0 Å². The molecule has 3 heterocycles. The van der Waals surface area contributed by atoms with Crippen LogP contribution in [0.1, 0.15) is 22.3 Å². The number of fused-ring (bicyclic) bond motifs is 2. The highest BCUT2D eigenvalue weighted by molar-refractivity contribution is 6.02. The van der Waals surface area contributed by atoms with Crippen LogP contribution in [0.5, 0.6) is 5.75 Å². The Kier molecular flexibility index (Phi) is 5.98. The Hall–Kier alpha value is -3.98. The topological polar surface area (TPSA) is 103 Å². The number of ether oxygens (including phenoxy) is 1. The molecular weight excluding hydrogens is 456 g/mol. The van der Waals surface area contributed by atoms with Crippen LogP contribution in [0.3, 0.4) is 0 Å². The number of nitrogens with zero attached hydrogens (tertiary/aromatic N) is 5. The summed E-state index contributed by atoms with van der Waals surface area (Å²) in [5.74, 6) is 0.968. The van der Waals surface area contributed by atoms with Gasteiger partial charge in [-0.15, -0.1) is 0 Å². The van der Waals surface area contributed by atoms with Crippen molar-refractivity contribution in [2.24, 2.45) is 5.16 Å². The number of carbonyl (C=O) groups excluding carboxylic acids is 1. The first-order chi connectivity index (χ1) is 17.6. The molecule has 1 aliphatic carbocycles. The summed E-state index contributed by atoms with van der Waals surface area (Å²) in [6.45, 7) is 3.81. The molecule has 3 aliphatic rings. The summed E-state index contributed by atoms with van der Waals surface area (Å²) in [5, 5.41) is 16.6. The normalized spacial score (nSPS) is 18.2. The minimum atomic E-state index is -0.252. The first-order valence-electron chi connectivity index (χ1n) is 12.3. The maximum absolute atomic E-state index is 11.5. The molecule has 1 aromatic heterocycles. The van der Waals surface area contributed by atoms with Crippen molar-refractivity contribution in [1.29, 1.82) is 0 Å². The van der Waals surface area contributed by atoms with Gasteiger partial charge < -0.3 is 20.2 Å². The molecular formula is C27H28N6O3. The molecule has 6 rings (SSSR count). The lowest BCUT2D eigenvalue weighted by atomic mass is 10.1. The maximum Gasteiger partial charge on any atom is 0.315 e. The van der Waals surface area contributed by atoms with Crippen LogP contribution in [0.4, 0.5) is 11.6 Å². The number of hydrogen-bond donors (Lipinski definition) is 2. The summed E-state index contributed by atoms with van der Waals surface area (Å²) >= 11 is 0. The molecule has 36 heavy (non-hydrogen) atoms. The summed E-state index contributed by atoms with van der Waals surface area (Å²) in [4.78, 5) is 25.2. The van der Waals surface area contributed by atoms with Gasteiger partial charge in [-0.2, -0.15) is 0 Å². The van der Waals surface area contributed by atoms with Crippen molar-refractivity contribution in [2.75, 3.05) is 42.9 Å². The van der Waals surface area contributed by atoms with Gasteiger partial charge in [0.2, 0.25) is 5.95 Å². The lowest BCUT2D eigenvalue weighted by Crippen LogP contribution is -2.48. The van der Waals surface area contributed by atoms with E-state index >= 15 is 0 Å². The van der Waals surface area contributed by atoms with E-state index in [1.54, 1.807) is 6.07 Å². The number of benzene rings is 2. The average Bonchev–Trinajstić information content (AvgIpc) is 3.49. The molecule has 2 N–H and O–H groups in total. The number of oxime groups is 1. The van der Waals surface area contributed by atoms with E-state index in [0.717, 1.165) is 55.8 Å². The Labute approximate surface area is 209 Å². The molecule has 9 heteroatoms. The summed E-state index contributed by atoms with van der Waals surface area (Å²) < 4.78 is 5.24. The smallest absolute Gasteiger partial charge is 0.315 e. The van der Waals surface area contributed by atoms with Gasteiger partial charge in [0, 0.05) is 49.9 Å². The third kappa shape index (κ3) is 4.61. The molecule has 0 saturated carbocycles. The Bertz CT molecular complexity index is 1280. The van der Waals surface area contributed by atoms with Gasteiger partial charge in [-0.3, -0.25) is 9.69 Å². The zero-order valence-corrected chi connectivity index (χ0v) is 19.9. The minimum absolute atomic E-state index is 0.252. The lowest BCUT2D eigenvalue weighted by Gasteiger charge is -2.35. The molecule has 0 unspecified atom stereocenters. The molecule has 3 aromatic rings. The van der Waals surface area contributed by atoms with Crippen LogP contribution in [0.15, 0.2) is 60.0 Å². The van der Waals surface area contributed by atoms with Gasteiger partial charge in [-0.25, -0.2) is 9.97 Å². The second-order valence-electron chi connectivity index (χ2n) is 9.57. The van der Waals surface area contributed by atoms with E-state index in [-0.39, 0.29) is 5.97 Å². The SMILES string of the molecule is O=C1Cc2ccc(/C(CN3CCN(c4cnc(NC5Cc6ccccc6C5)nc4)CC3)=N\O)cc2O1. The number of piperazine rings is 1. The van der Waals surface area contributed by atoms with Crippen LogP contribution >= 0.6 is 0 Å². The average molecular weight is 485 g/mol. The van der Waals surface area contributed by atoms with E-state index in [1.807, 2.05) is 24.5 Å². The fourth-order valence-corrected chi connectivity index (χ4v) is 5.25. The summed E-state index contributed by atoms with van der Waals surface area (Å²) in [5.41, 5.74) is 5.99. The van der Waals surface area contributed by atoms with Gasteiger partial charge in [-0.1, -0.05) is 41.6 Å². The molecule has 0 spiro atoms. The number of esters is 1. The van der Waals surface area contributed by atoms with Crippen LogP contribution in [-0.4, -0.2) is 70.5 Å². The Morgan fingerprint density at radius 3 is 2.44 bits per heavy atom. The van der Waals surface area contributed by atoms with Crippen molar-refractivity contribution in [3.8, 4) is 5.75 Å². The Morgan fingerprint density at radius 2 is 1.75 bits per heavy atom. The van der Waals surface area contributed by atoms with Gasteiger partial charge in [0.1, 0.15) is 11.5 Å².